The van der Waals surface area contributed by atoms with Crippen molar-refractivity contribution < 1.29 is 31.8 Å². The molecule has 0 aromatic rings. The van der Waals surface area contributed by atoms with Crippen molar-refractivity contribution in [1.29, 1.82) is 0 Å². The van der Waals surface area contributed by atoms with Crippen LogP contribution in [0.5, 0.6) is 0 Å². The van der Waals surface area contributed by atoms with Crippen LogP contribution in [0.1, 0.15) is 0 Å². The monoisotopic (exact) mass is 223 g/mol. The normalized spacial score (nSPS) is 14.8. The molecule has 0 aromatic carbocycles. The number of halogens is 5. The quantitative estimate of drug-likeness (QED) is 0.515. The molecule has 14 heavy (non-hydrogen) atoms. The third-order valence-corrected chi connectivity index (χ3v) is 1.19. The molecule has 0 amide bonds. The van der Waals surface area contributed by atoms with Gasteiger partial charge in [-0.1, -0.05) is 0 Å². The van der Waals surface area contributed by atoms with Crippen LogP contribution < -0.4 is 5.32 Å². The van der Waals surface area contributed by atoms with Crippen LogP contribution in [0.2, 0.25) is 0 Å². The van der Waals surface area contributed by atoms with Gasteiger partial charge in [-0.05, 0) is 0 Å². The minimum Gasteiger partial charge on any atom is -0.386 e. The van der Waals surface area contributed by atoms with Crippen LogP contribution in [-0.4, -0.2) is 43.7 Å². The topological polar surface area (TPSA) is 41.5 Å². The standard InChI is InChI=1S/C6H10F5NO2/c7-5(8)4(13)3-12-1-2-14-6(9,10)11/h4-5,12-13H,1-3H2. The zero-order chi connectivity index (χ0) is 11.2. The van der Waals surface area contributed by atoms with Gasteiger partial charge in [0, 0.05) is 13.1 Å². The summed E-state index contributed by atoms with van der Waals surface area (Å²) < 4.78 is 60.6. The molecule has 3 nitrogen and oxygen atoms in total. The Morgan fingerprint density at radius 3 is 2.29 bits per heavy atom. The van der Waals surface area contributed by atoms with Crippen LogP contribution in [0, 0.1) is 0 Å². The van der Waals surface area contributed by atoms with Gasteiger partial charge in [0.2, 0.25) is 0 Å². The molecule has 0 aliphatic heterocycles. The summed E-state index contributed by atoms with van der Waals surface area (Å²) in [4.78, 5) is 0. The van der Waals surface area contributed by atoms with Crippen molar-refractivity contribution >= 4 is 0 Å². The lowest BCUT2D eigenvalue weighted by Crippen LogP contribution is -2.34. The van der Waals surface area contributed by atoms with Crippen molar-refractivity contribution in [1.82, 2.24) is 5.32 Å². The van der Waals surface area contributed by atoms with E-state index in [1.807, 2.05) is 0 Å². The summed E-state index contributed by atoms with van der Waals surface area (Å²) in [5, 5.41) is 10.7. The molecule has 0 fully saturated rings. The van der Waals surface area contributed by atoms with E-state index < -0.39 is 32.0 Å². The van der Waals surface area contributed by atoms with Crippen LogP contribution in [0.4, 0.5) is 22.0 Å². The van der Waals surface area contributed by atoms with E-state index in [4.69, 9.17) is 5.11 Å². The maximum absolute atomic E-state index is 11.6. The largest absolute Gasteiger partial charge is 0.522 e. The average molecular weight is 223 g/mol. The lowest BCUT2D eigenvalue weighted by Gasteiger charge is -2.11. The molecule has 0 heterocycles. The van der Waals surface area contributed by atoms with Gasteiger partial charge in [-0.2, -0.15) is 0 Å². The number of rotatable bonds is 6. The van der Waals surface area contributed by atoms with E-state index in [0.29, 0.717) is 0 Å². The van der Waals surface area contributed by atoms with E-state index in [-0.39, 0.29) is 6.54 Å². The van der Waals surface area contributed by atoms with Crippen molar-refractivity contribution in [3.8, 4) is 0 Å². The molecule has 1 atom stereocenters. The van der Waals surface area contributed by atoms with E-state index in [0.717, 1.165) is 0 Å². The van der Waals surface area contributed by atoms with E-state index >= 15 is 0 Å². The third-order valence-electron chi connectivity index (χ3n) is 1.19. The van der Waals surface area contributed by atoms with Gasteiger partial charge < -0.3 is 10.4 Å². The summed E-state index contributed by atoms with van der Waals surface area (Å²) in [6.45, 7) is -1.42. The Morgan fingerprint density at radius 1 is 1.29 bits per heavy atom. The van der Waals surface area contributed by atoms with Crippen molar-refractivity contribution in [3.63, 3.8) is 0 Å². The lowest BCUT2D eigenvalue weighted by molar-refractivity contribution is -0.323. The molecular weight excluding hydrogens is 213 g/mol. The van der Waals surface area contributed by atoms with E-state index in [1.165, 1.54) is 0 Å². The SMILES string of the molecule is OC(CNCCOC(F)(F)F)C(F)F. The number of nitrogens with one attached hydrogen (secondary N) is 1. The maximum atomic E-state index is 11.6. The average Bonchev–Trinajstić information content (AvgIpc) is 2.01. The highest BCUT2D eigenvalue weighted by molar-refractivity contribution is 4.60. The second-order valence-electron chi connectivity index (χ2n) is 2.40. The molecule has 8 heteroatoms. The highest BCUT2D eigenvalue weighted by atomic mass is 19.4. The number of hydrogen-bond donors (Lipinski definition) is 2. The molecule has 0 bridgehead atoms. The fourth-order valence-electron chi connectivity index (χ4n) is 0.578. The summed E-state index contributed by atoms with van der Waals surface area (Å²) in [5.74, 6) is 0. The summed E-state index contributed by atoms with van der Waals surface area (Å²) in [6.07, 6.45) is -9.50. The Hall–Kier alpha value is -0.470. The fourth-order valence-corrected chi connectivity index (χ4v) is 0.578. The molecule has 0 rings (SSSR count). The second-order valence-corrected chi connectivity index (χ2v) is 2.40. The van der Waals surface area contributed by atoms with Gasteiger partial charge in [-0.15, -0.1) is 13.2 Å². The molecule has 2 N–H and O–H groups in total. The molecule has 0 aromatic heterocycles. The number of aliphatic hydroxyl groups excluding tert-OH is 1. The van der Waals surface area contributed by atoms with Gasteiger partial charge in [-0.3, -0.25) is 4.74 Å². The Labute approximate surface area is 76.8 Å². The van der Waals surface area contributed by atoms with Crippen LogP contribution >= 0.6 is 0 Å². The summed E-state index contributed by atoms with van der Waals surface area (Å²) in [5.41, 5.74) is 0. The molecule has 86 valence electrons. The summed E-state index contributed by atoms with van der Waals surface area (Å²) in [7, 11) is 0. The minimum atomic E-state index is -4.72. The maximum Gasteiger partial charge on any atom is 0.522 e. The van der Waals surface area contributed by atoms with Gasteiger partial charge in [0.15, 0.2) is 0 Å². The highest BCUT2D eigenvalue weighted by Gasteiger charge is 2.28. The molecule has 1 unspecified atom stereocenters. The molecular formula is C6H10F5NO2. The van der Waals surface area contributed by atoms with Crippen molar-refractivity contribution in [2.45, 2.75) is 18.9 Å². The molecule has 0 saturated heterocycles. The number of alkyl halides is 5. The van der Waals surface area contributed by atoms with Crippen molar-refractivity contribution in [3.05, 3.63) is 0 Å². The predicted molar refractivity (Wildman–Crippen MR) is 36.9 cm³/mol. The minimum absolute atomic E-state index is 0.261. The second kappa shape index (κ2) is 6.10. The lowest BCUT2D eigenvalue weighted by atomic mass is 10.4. The smallest absolute Gasteiger partial charge is 0.386 e. The molecule has 0 aliphatic carbocycles. The van der Waals surface area contributed by atoms with Crippen molar-refractivity contribution in [2.75, 3.05) is 19.7 Å². The summed E-state index contributed by atoms with van der Waals surface area (Å²) in [6, 6.07) is 0. The van der Waals surface area contributed by atoms with Crippen LogP contribution in [0.3, 0.4) is 0 Å². The van der Waals surface area contributed by atoms with Gasteiger partial charge >= 0.3 is 6.36 Å². The number of aliphatic hydroxyl groups is 1. The molecule has 0 radical (unpaired) electrons. The first-order valence-electron chi connectivity index (χ1n) is 3.70. The van der Waals surface area contributed by atoms with Gasteiger partial charge in [0.05, 0.1) is 6.61 Å². The first-order valence-corrected chi connectivity index (χ1v) is 3.70. The number of hydrogen-bond acceptors (Lipinski definition) is 3. The fraction of sp³-hybridized carbons (Fsp3) is 1.00. The molecule has 0 aliphatic rings. The first kappa shape index (κ1) is 13.5. The van der Waals surface area contributed by atoms with Gasteiger partial charge in [0.1, 0.15) is 6.10 Å². The van der Waals surface area contributed by atoms with Crippen molar-refractivity contribution in [2.24, 2.45) is 0 Å². The van der Waals surface area contributed by atoms with E-state index in [1.54, 1.807) is 0 Å². The summed E-state index contributed by atoms with van der Waals surface area (Å²) >= 11 is 0. The van der Waals surface area contributed by atoms with Gasteiger partial charge in [-0.25, -0.2) is 8.78 Å². The first-order chi connectivity index (χ1) is 6.33. The molecule has 0 spiro atoms. The Morgan fingerprint density at radius 2 is 1.86 bits per heavy atom. The van der Waals surface area contributed by atoms with Gasteiger partial charge in [0.25, 0.3) is 6.43 Å². The van der Waals surface area contributed by atoms with E-state index in [9.17, 15) is 22.0 Å². The zero-order valence-electron chi connectivity index (χ0n) is 7.02. The third kappa shape index (κ3) is 8.14. The van der Waals surface area contributed by atoms with Crippen LogP contribution in [0.15, 0.2) is 0 Å². The molecule has 0 saturated carbocycles. The Balaban J connectivity index is 3.30. The van der Waals surface area contributed by atoms with Crippen LogP contribution in [0.25, 0.3) is 0 Å². The number of ether oxygens (including phenoxy) is 1. The van der Waals surface area contributed by atoms with E-state index in [2.05, 4.69) is 10.1 Å². The Kier molecular flexibility index (Phi) is 5.89. The Bertz CT molecular complexity index is 152. The predicted octanol–water partition coefficient (Wildman–Crippen LogP) is 0.738. The zero-order valence-corrected chi connectivity index (χ0v) is 7.02. The van der Waals surface area contributed by atoms with Crippen LogP contribution in [-0.2, 0) is 4.74 Å². The highest BCUT2D eigenvalue weighted by Crippen LogP contribution is 2.15.